The van der Waals surface area contributed by atoms with Crippen LogP contribution in [0.15, 0.2) is 6.33 Å². The largest absolute Gasteiger partial charge is 0.414 e. The monoisotopic (exact) mass is 695 g/mol. The second-order valence-electron chi connectivity index (χ2n) is 15.8. The minimum atomic E-state index is -2.39. The molecule has 5 atom stereocenters. The molecule has 2 aromatic heterocycles. The van der Waals surface area contributed by atoms with E-state index in [1.54, 1.807) is 4.68 Å². The second-order valence-corrected chi connectivity index (χ2v) is 26.7. The first-order valence-corrected chi connectivity index (χ1v) is 23.3. The molecule has 12 nitrogen and oxygen atoms in total. The molecule has 1 saturated heterocycles. The highest BCUT2D eigenvalue weighted by molar-refractivity contribution is 7.44. The van der Waals surface area contributed by atoms with E-state index in [0.29, 0.717) is 17.8 Å². The van der Waals surface area contributed by atoms with Gasteiger partial charge in [0.2, 0.25) is 0 Å². The van der Waals surface area contributed by atoms with Gasteiger partial charge in [-0.05, 0) is 70.9 Å². The summed E-state index contributed by atoms with van der Waals surface area (Å²) in [5.41, 5.74) is 1.92. The number of nitrogens with zero attached hydrogens (tertiary/aromatic N) is 7. The zero-order chi connectivity index (χ0) is 34.8. The van der Waals surface area contributed by atoms with Crippen LogP contribution in [-0.4, -0.2) is 89.9 Å². The number of hydrogen-bond donors (Lipinski definition) is 0. The van der Waals surface area contributed by atoms with Crippen LogP contribution in [0.3, 0.4) is 0 Å². The van der Waals surface area contributed by atoms with E-state index in [1.165, 1.54) is 6.33 Å². The summed E-state index contributed by atoms with van der Waals surface area (Å²) in [6, 6.07) is 2.46. The summed E-state index contributed by atoms with van der Waals surface area (Å²) >= 11 is 0. The minimum Gasteiger partial charge on any atom is -0.414 e. The van der Waals surface area contributed by atoms with Crippen molar-refractivity contribution in [1.29, 1.82) is 5.26 Å². The number of aryl methyl sites for hydroxylation is 1. The maximum absolute atomic E-state index is 9.32. The zero-order valence-corrected chi connectivity index (χ0v) is 33.7. The Morgan fingerprint density at radius 1 is 1.00 bits per heavy atom. The summed E-state index contributed by atoms with van der Waals surface area (Å²) in [5, 5.41) is 18.2. The lowest BCUT2D eigenvalue weighted by Crippen LogP contribution is -2.50. The Balaban J connectivity index is 2.19. The molecule has 0 saturated carbocycles. The predicted octanol–water partition coefficient (Wildman–Crippen LogP) is 7.50. The number of hydrogen-bond acceptors (Lipinski definition) is 11. The van der Waals surface area contributed by atoms with Gasteiger partial charge >= 0.3 is 0 Å². The third-order valence-electron chi connectivity index (χ3n) is 9.50. The van der Waals surface area contributed by atoms with Gasteiger partial charge in [0, 0.05) is 12.1 Å². The van der Waals surface area contributed by atoms with Gasteiger partial charge in [-0.2, -0.15) is 9.94 Å². The molecule has 260 valence electrons. The van der Waals surface area contributed by atoms with Crippen LogP contribution in [0.1, 0.15) is 87.6 Å². The fraction of sp³-hybridized carbons (Fsp3) is 0.839. The Morgan fingerprint density at radius 3 is 2.15 bits per heavy atom. The van der Waals surface area contributed by atoms with Crippen LogP contribution in [-0.2, 0) is 22.6 Å². The predicted molar refractivity (Wildman–Crippen MR) is 187 cm³/mol. The van der Waals surface area contributed by atoms with E-state index in [4.69, 9.17) is 22.6 Å². The quantitative estimate of drug-likeness (QED) is 0.111. The van der Waals surface area contributed by atoms with Gasteiger partial charge in [-0.25, -0.2) is 14.6 Å². The highest BCUT2D eigenvalue weighted by Crippen LogP contribution is 2.52. The third-order valence-corrected chi connectivity index (χ3v) is 20.6. The molecule has 2 aromatic rings. The molecule has 0 aromatic carbocycles. The van der Waals surface area contributed by atoms with Gasteiger partial charge in [-0.1, -0.05) is 46.8 Å². The topological polar surface area (TPSA) is 130 Å². The number of fused-ring (bicyclic) bond motifs is 1. The van der Waals surface area contributed by atoms with E-state index in [2.05, 4.69) is 126 Å². The summed E-state index contributed by atoms with van der Waals surface area (Å²) in [6.07, 6.45) is -0.537. The molecule has 1 fully saturated rings. The minimum absolute atomic E-state index is 0.00800. The zero-order valence-electron chi connectivity index (χ0n) is 30.8. The van der Waals surface area contributed by atoms with Gasteiger partial charge in [0.15, 0.2) is 34.0 Å². The summed E-state index contributed by atoms with van der Waals surface area (Å²) in [7, 11) is -6.16. The molecule has 0 amide bonds. The first kappa shape index (κ1) is 39.0. The SMILES string of the molecule is Cc1ncnc2c1nnn2[C@@H]1O[C@H](CO[Si](C)(C)C(C)(C)C)[C@@H](OP(OCCC#N)N(C(C)C)C(C)C)[C@H]1O[Si](C)(C)C(C)(C)C. The van der Waals surface area contributed by atoms with Crippen LogP contribution in [0.5, 0.6) is 0 Å². The lowest BCUT2D eigenvalue weighted by molar-refractivity contribution is -0.0535. The average molecular weight is 696 g/mol. The van der Waals surface area contributed by atoms with E-state index in [0.717, 1.165) is 5.69 Å². The standard InChI is InChI=1S/C31H58N7O5PSi2/c1-21(2)38(22(3)4)44(39-18-16-17-32)42-26-24(19-40-45(12,13)30(6,7)8)41-29(27(26)43-46(14,15)31(9,10)11)37-28-25(35-36-37)23(5)33-20-34-28/h20-22,24,26-27,29H,16,18-19H2,1-15H3/t24-,26-,27-,29-,44?/m1/s1. The Labute approximate surface area is 280 Å². The molecule has 15 heteroatoms. The first-order valence-electron chi connectivity index (χ1n) is 16.4. The van der Waals surface area contributed by atoms with Crippen molar-refractivity contribution < 1.29 is 22.6 Å². The molecule has 3 rings (SSSR count). The first-order chi connectivity index (χ1) is 21.1. The van der Waals surface area contributed by atoms with Gasteiger partial charge in [0.25, 0.3) is 8.53 Å². The van der Waals surface area contributed by atoms with Crippen molar-refractivity contribution >= 4 is 36.3 Å². The van der Waals surface area contributed by atoms with E-state index < -0.39 is 49.7 Å². The molecule has 0 N–H and O–H groups in total. The molecule has 1 aliphatic heterocycles. The number of ether oxygens (including phenoxy) is 1. The van der Waals surface area contributed by atoms with E-state index in [-0.39, 0.29) is 35.2 Å². The van der Waals surface area contributed by atoms with Crippen LogP contribution in [0.4, 0.5) is 0 Å². The second kappa shape index (κ2) is 15.0. The van der Waals surface area contributed by atoms with E-state index >= 15 is 0 Å². The van der Waals surface area contributed by atoms with E-state index in [1.807, 2.05) is 6.92 Å². The summed E-state index contributed by atoms with van der Waals surface area (Å²) in [4.78, 5) is 8.88. The highest BCUT2D eigenvalue weighted by Gasteiger charge is 2.54. The molecule has 0 spiro atoms. The van der Waals surface area contributed by atoms with E-state index in [9.17, 15) is 5.26 Å². The smallest absolute Gasteiger partial charge is 0.259 e. The fourth-order valence-electron chi connectivity index (χ4n) is 4.76. The number of rotatable bonds is 14. The highest BCUT2D eigenvalue weighted by atomic mass is 31.2. The van der Waals surface area contributed by atoms with Crippen molar-refractivity contribution in [3.63, 3.8) is 0 Å². The molecule has 1 unspecified atom stereocenters. The lowest BCUT2D eigenvalue weighted by Gasteiger charge is -2.42. The Morgan fingerprint density at radius 2 is 1.61 bits per heavy atom. The summed E-state index contributed by atoms with van der Waals surface area (Å²) < 4.78 is 38.4. The van der Waals surface area contributed by atoms with Gasteiger partial charge in [0.1, 0.15) is 24.6 Å². The van der Waals surface area contributed by atoms with Crippen molar-refractivity contribution in [2.24, 2.45) is 0 Å². The van der Waals surface area contributed by atoms with Crippen molar-refractivity contribution in [2.45, 2.75) is 155 Å². The fourth-order valence-corrected chi connectivity index (χ4v) is 8.83. The van der Waals surface area contributed by atoms with Crippen molar-refractivity contribution in [3.8, 4) is 6.07 Å². The van der Waals surface area contributed by atoms with Gasteiger partial charge < -0.3 is 22.6 Å². The summed E-state index contributed by atoms with van der Waals surface area (Å²) in [5.74, 6) is 0. The van der Waals surface area contributed by atoms with Gasteiger partial charge in [-0.3, -0.25) is 0 Å². The number of nitriles is 1. The molecular weight excluding hydrogens is 638 g/mol. The van der Waals surface area contributed by atoms with Crippen molar-refractivity contribution in [3.05, 3.63) is 12.0 Å². The van der Waals surface area contributed by atoms with Crippen LogP contribution in [0.2, 0.25) is 36.3 Å². The number of aromatic nitrogens is 5. The summed E-state index contributed by atoms with van der Waals surface area (Å²) in [6.45, 7) is 33.3. The maximum Gasteiger partial charge on any atom is 0.259 e. The van der Waals surface area contributed by atoms with Crippen LogP contribution < -0.4 is 0 Å². The molecular formula is C31H58N7O5PSi2. The van der Waals surface area contributed by atoms with Gasteiger partial charge in [-0.15, -0.1) is 5.10 Å². The Hall–Kier alpha value is -1.41. The Kier molecular flexibility index (Phi) is 12.7. The molecule has 0 bridgehead atoms. The molecule has 46 heavy (non-hydrogen) atoms. The molecule has 3 heterocycles. The molecule has 0 aliphatic carbocycles. The average Bonchev–Trinajstić information content (AvgIpc) is 3.48. The lowest BCUT2D eigenvalue weighted by atomic mass is 10.1. The molecule has 1 aliphatic rings. The van der Waals surface area contributed by atoms with Crippen molar-refractivity contribution in [1.82, 2.24) is 29.6 Å². The van der Waals surface area contributed by atoms with Crippen LogP contribution in [0.25, 0.3) is 11.2 Å². The van der Waals surface area contributed by atoms with Crippen LogP contribution >= 0.6 is 8.53 Å². The Bertz CT molecular complexity index is 1330. The maximum atomic E-state index is 9.32. The van der Waals surface area contributed by atoms with Crippen molar-refractivity contribution in [2.75, 3.05) is 13.2 Å². The van der Waals surface area contributed by atoms with Gasteiger partial charge in [0.05, 0.1) is 31.4 Å². The third kappa shape index (κ3) is 8.78. The normalized spacial score (nSPS) is 22.4. The van der Waals surface area contributed by atoms with Crippen LogP contribution in [0, 0.1) is 18.3 Å². The molecule has 0 radical (unpaired) electrons.